The van der Waals surface area contributed by atoms with E-state index in [9.17, 15) is 9.18 Å². The van der Waals surface area contributed by atoms with E-state index < -0.39 is 0 Å². The molecule has 0 saturated heterocycles. The quantitative estimate of drug-likeness (QED) is 0.607. The van der Waals surface area contributed by atoms with Crippen molar-refractivity contribution in [3.8, 4) is 11.4 Å². The highest BCUT2D eigenvalue weighted by molar-refractivity contribution is 14.1. The van der Waals surface area contributed by atoms with E-state index >= 15 is 0 Å². The molecule has 1 aromatic carbocycles. The lowest BCUT2D eigenvalue weighted by molar-refractivity contribution is 0.0951. The third kappa shape index (κ3) is 4.41. The Hall–Kier alpha value is -2.29. The van der Waals surface area contributed by atoms with Gasteiger partial charge in [-0.2, -0.15) is 5.10 Å². The normalized spacial score (nSPS) is 10.7. The number of halogens is 2. The molecule has 0 fully saturated rings. The number of hydrogen-bond donors (Lipinski definition) is 1. The Morgan fingerprint density at radius 3 is 2.84 bits per heavy atom. The lowest BCUT2D eigenvalue weighted by atomic mass is 10.1. The first-order valence-electron chi connectivity index (χ1n) is 7.72. The summed E-state index contributed by atoms with van der Waals surface area (Å²) in [6.07, 6.45) is 2.97. The lowest BCUT2D eigenvalue weighted by Gasteiger charge is -2.08. The average molecular weight is 450 g/mol. The summed E-state index contributed by atoms with van der Waals surface area (Å²) >= 11 is 2.16. The van der Waals surface area contributed by atoms with Gasteiger partial charge in [0.15, 0.2) is 0 Å². The summed E-state index contributed by atoms with van der Waals surface area (Å²) in [6, 6.07) is 10.5. The topological polar surface area (TPSA) is 59.8 Å². The van der Waals surface area contributed by atoms with Gasteiger partial charge in [0.05, 0.1) is 24.0 Å². The van der Waals surface area contributed by atoms with Crippen LogP contribution in [0.5, 0.6) is 0 Å². The van der Waals surface area contributed by atoms with Crippen molar-refractivity contribution in [3.05, 3.63) is 69.3 Å². The number of hydrogen-bond acceptors (Lipinski definition) is 3. The smallest absolute Gasteiger partial charge is 0.252 e. The molecule has 0 atom stereocenters. The molecule has 0 saturated carbocycles. The zero-order valence-corrected chi connectivity index (χ0v) is 15.7. The Morgan fingerprint density at radius 2 is 2.08 bits per heavy atom. The van der Waals surface area contributed by atoms with E-state index in [0.29, 0.717) is 30.0 Å². The molecule has 25 heavy (non-hydrogen) atoms. The summed E-state index contributed by atoms with van der Waals surface area (Å²) in [6.45, 7) is 2.96. The zero-order valence-electron chi connectivity index (χ0n) is 13.5. The van der Waals surface area contributed by atoms with Crippen LogP contribution in [0.1, 0.15) is 15.9 Å². The second-order valence-corrected chi connectivity index (χ2v) is 6.73. The first-order chi connectivity index (χ1) is 12.0. The predicted octanol–water partition coefficient (Wildman–Crippen LogP) is 3.43. The van der Waals surface area contributed by atoms with Gasteiger partial charge in [0, 0.05) is 16.3 Å². The van der Waals surface area contributed by atoms with E-state index in [1.165, 1.54) is 6.07 Å². The van der Waals surface area contributed by atoms with E-state index in [1.807, 2.05) is 37.4 Å². The number of amides is 1. The van der Waals surface area contributed by atoms with Crippen molar-refractivity contribution in [2.24, 2.45) is 0 Å². The van der Waals surface area contributed by atoms with Gasteiger partial charge < -0.3 is 5.32 Å². The molecule has 0 aliphatic carbocycles. The largest absolute Gasteiger partial charge is 0.350 e. The molecule has 0 aliphatic rings. The second-order valence-electron chi connectivity index (χ2n) is 5.56. The van der Waals surface area contributed by atoms with Crippen molar-refractivity contribution in [3.63, 3.8) is 0 Å². The number of rotatable bonds is 5. The molecule has 1 amide bonds. The molecule has 128 valence electrons. The summed E-state index contributed by atoms with van der Waals surface area (Å²) in [4.78, 5) is 16.3. The van der Waals surface area contributed by atoms with E-state index in [1.54, 1.807) is 10.7 Å². The van der Waals surface area contributed by atoms with Crippen molar-refractivity contribution in [2.45, 2.75) is 13.5 Å². The van der Waals surface area contributed by atoms with Crippen LogP contribution in [0.2, 0.25) is 0 Å². The third-order valence-corrected chi connectivity index (χ3v) is 4.56. The van der Waals surface area contributed by atoms with Gasteiger partial charge >= 0.3 is 0 Å². The van der Waals surface area contributed by atoms with Gasteiger partial charge in [-0.05, 0) is 59.8 Å². The number of nitrogens with one attached hydrogen (secondary N) is 1. The molecule has 2 heterocycles. The van der Waals surface area contributed by atoms with Gasteiger partial charge in [-0.3, -0.25) is 14.5 Å². The van der Waals surface area contributed by atoms with Crippen molar-refractivity contribution < 1.29 is 9.18 Å². The van der Waals surface area contributed by atoms with Crippen LogP contribution in [0.4, 0.5) is 4.39 Å². The Morgan fingerprint density at radius 1 is 1.24 bits per heavy atom. The monoisotopic (exact) mass is 450 g/mol. The number of nitrogens with zero attached hydrogens (tertiary/aromatic N) is 3. The molecule has 0 spiro atoms. The minimum atomic E-state index is -0.378. The first kappa shape index (κ1) is 17.5. The van der Waals surface area contributed by atoms with Gasteiger partial charge in [-0.15, -0.1) is 0 Å². The SMILES string of the molecule is Cc1ccc(I)c(C(=O)NCCn2ccc(-c3ccc(F)cn3)n2)c1. The number of aromatic nitrogens is 3. The van der Waals surface area contributed by atoms with Crippen LogP contribution in [0.3, 0.4) is 0 Å². The molecular weight excluding hydrogens is 434 g/mol. The number of pyridine rings is 1. The second kappa shape index (κ2) is 7.73. The van der Waals surface area contributed by atoms with E-state index in [2.05, 4.69) is 38.0 Å². The Kier molecular flexibility index (Phi) is 5.42. The van der Waals surface area contributed by atoms with Gasteiger partial charge in [0.1, 0.15) is 11.5 Å². The Balaban J connectivity index is 1.58. The van der Waals surface area contributed by atoms with Gasteiger partial charge in [-0.25, -0.2) is 4.39 Å². The standard InChI is InChI=1S/C18H16FIN4O/c1-12-2-4-15(20)14(10-12)18(25)21-7-9-24-8-6-17(23-24)16-5-3-13(19)11-22-16/h2-6,8,10-11H,7,9H2,1H3,(H,21,25). The fourth-order valence-corrected chi connectivity index (χ4v) is 2.92. The molecule has 1 N–H and O–H groups in total. The minimum Gasteiger partial charge on any atom is -0.350 e. The summed E-state index contributed by atoms with van der Waals surface area (Å²) in [5, 5.41) is 7.29. The van der Waals surface area contributed by atoms with Crippen LogP contribution < -0.4 is 5.32 Å². The molecule has 0 unspecified atom stereocenters. The average Bonchev–Trinajstić information content (AvgIpc) is 3.06. The summed E-state index contributed by atoms with van der Waals surface area (Å²) < 4.78 is 15.6. The van der Waals surface area contributed by atoms with Gasteiger partial charge in [0.2, 0.25) is 0 Å². The molecule has 3 rings (SSSR count). The summed E-state index contributed by atoms with van der Waals surface area (Å²) in [7, 11) is 0. The molecule has 2 aromatic heterocycles. The first-order valence-corrected chi connectivity index (χ1v) is 8.80. The highest BCUT2D eigenvalue weighted by Gasteiger charge is 2.10. The van der Waals surface area contributed by atoms with E-state index in [-0.39, 0.29) is 11.7 Å². The maximum absolute atomic E-state index is 12.9. The number of carbonyl (C=O) groups excluding carboxylic acids is 1. The number of benzene rings is 1. The minimum absolute atomic E-state index is 0.0966. The van der Waals surface area contributed by atoms with Crippen LogP contribution in [-0.4, -0.2) is 27.2 Å². The Bertz CT molecular complexity index is 892. The van der Waals surface area contributed by atoms with Crippen LogP contribution in [0, 0.1) is 16.3 Å². The van der Waals surface area contributed by atoms with Gasteiger partial charge in [0.25, 0.3) is 5.91 Å². The predicted molar refractivity (Wildman–Crippen MR) is 102 cm³/mol. The summed E-state index contributed by atoms with van der Waals surface area (Å²) in [5.74, 6) is -0.475. The molecule has 5 nitrogen and oxygen atoms in total. The third-order valence-electron chi connectivity index (χ3n) is 3.62. The highest BCUT2D eigenvalue weighted by atomic mass is 127. The van der Waals surface area contributed by atoms with Crippen LogP contribution in [0.15, 0.2) is 48.8 Å². The molecular formula is C18H16FIN4O. The summed E-state index contributed by atoms with van der Waals surface area (Å²) in [5.41, 5.74) is 3.00. The van der Waals surface area contributed by atoms with E-state index in [4.69, 9.17) is 0 Å². The van der Waals surface area contributed by atoms with Crippen molar-refractivity contribution in [1.82, 2.24) is 20.1 Å². The van der Waals surface area contributed by atoms with Crippen molar-refractivity contribution in [2.75, 3.05) is 6.54 Å². The molecule has 7 heteroatoms. The van der Waals surface area contributed by atoms with Crippen LogP contribution >= 0.6 is 22.6 Å². The maximum Gasteiger partial charge on any atom is 0.252 e. The van der Waals surface area contributed by atoms with Gasteiger partial charge in [-0.1, -0.05) is 11.6 Å². The number of carbonyl (C=O) groups is 1. The Labute approximate surface area is 158 Å². The number of aryl methyl sites for hydroxylation is 1. The van der Waals surface area contributed by atoms with E-state index in [0.717, 1.165) is 15.3 Å². The van der Waals surface area contributed by atoms with Crippen LogP contribution in [0.25, 0.3) is 11.4 Å². The van der Waals surface area contributed by atoms with Crippen LogP contribution in [-0.2, 0) is 6.54 Å². The van der Waals surface area contributed by atoms with Crippen molar-refractivity contribution in [1.29, 1.82) is 0 Å². The molecule has 0 radical (unpaired) electrons. The molecule has 3 aromatic rings. The lowest BCUT2D eigenvalue weighted by Crippen LogP contribution is -2.28. The highest BCUT2D eigenvalue weighted by Crippen LogP contribution is 2.15. The zero-order chi connectivity index (χ0) is 17.8. The fraction of sp³-hybridized carbons (Fsp3) is 0.167. The fourth-order valence-electron chi connectivity index (χ4n) is 2.34. The molecule has 0 bridgehead atoms. The van der Waals surface area contributed by atoms with Crippen molar-refractivity contribution >= 4 is 28.5 Å². The molecule has 0 aliphatic heterocycles. The maximum atomic E-state index is 12.9.